The summed E-state index contributed by atoms with van der Waals surface area (Å²) in [7, 11) is 0.829. The summed E-state index contributed by atoms with van der Waals surface area (Å²) in [6.07, 6.45) is -4.86. The van der Waals surface area contributed by atoms with E-state index < -0.39 is 12.1 Å². The van der Waals surface area contributed by atoms with Gasteiger partial charge in [0, 0.05) is 7.05 Å². The Bertz CT molecular complexity index is 119. The van der Waals surface area contributed by atoms with Crippen LogP contribution in [0.15, 0.2) is 0 Å². The number of halogens is 3. The quantitative estimate of drug-likeness (QED) is 0.291. The van der Waals surface area contributed by atoms with Gasteiger partial charge in [0.05, 0.1) is 0 Å². The molecular weight excluding hydrogens is 137 g/mol. The molecular formula is C3H5F3N2O. The molecule has 0 unspecified atom stereocenters. The maximum atomic E-state index is 11.2. The number of carbonyl (C=O) groups excluding carboxylic acids is 1. The first-order valence-corrected chi connectivity index (χ1v) is 1.95. The summed E-state index contributed by atoms with van der Waals surface area (Å²) in [6, 6.07) is 0. The van der Waals surface area contributed by atoms with Crippen molar-refractivity contribution in [3.05, 3.63) is 0 Å². The number of nitrogens with two attached hydrogens (primary N) is 1. The predicted octanol–water partition coefficient (Wildman–Crippen LogP) is -0.119. The smallest absolute Gasteiger partial charge is 0.276 e. The minimum Gasteiger partial charge on any atom is -0.276 e. The lowest BCUT2D eigenvalue weighted by atomic mass is 10.6. The minimum atomic E-state index is -4.86. The van der Waals surface area contributed by atoms with Crippen molar-refractivity contribution in [1.82, 2.24) is 5.01 Å². The Labute approximate surface area is 49.2 Å². The van der Waals surface area contributed by atoms with Crippen LogP contribution in [0.2, 0.25) is 0 Å². The number of amides is 1. The molecule has 0 aliphatic carbocycles. The van der Waals surface area contributed by atoms with Crippen LogP contribution in [0.3, 0.4) is 0 Å². The molecule has 0 aromatic carbocycles. The number of alkyl halides is 3. The summed E-state index contributed by atoms with van der Waals surface area (Å²) in [5.41, 5.74) is 0. The van der Waals surface area contributed by atoms with Gasteiger partial charge in [-0.15, -0.1) is 0 Å². The number of hydrazine groups is 1. The molecule has 0 rings (SSSR count). The maximum Gasteiger partial charge on any atom is 0.472 e. The standard InChI is InChI=1S/C3H5F3N2O/c1-8(7)2(9)3(4,5)6/h7H2,1H3. The lowest BCUT2D eigenvalue weighted by Crippen LogP contribution is -2.42. The van der Waals surface area contributed by atoms with Gasteiger partial charge in [-0.3, -0.25) is 9.80 Å². The topological polar surface area (TPSA) is 46.3 Å². The number of hydrogen-bond acceptors (Lipinski definition) is 2. The van der Waals surface area contributed by atoms with Crippen molar-refractivity contribution in [3.8, 4) is 0 Å². The molecule has 0 fully saturated rings. The molecule has 2 N–H and O–H groups in total. The van der Waals surface area contributed by atoms with Gasteiger partial charge in [-0.25, -0.2) is 5.84 Å². The number of nitrogens with zero attached hydrogens (tertiary/aromatic N) is 1. The second-order valence-electron chi connectivity index (χ2n) is 1.41. The number of hydrogen-bond donors (Lipinski definition) is 1. The average molecular weight is 142 g/mol. The molecule has 0 saturated carbocycles. The molecule has 0 bridgehead atoms. The summed E-state index contributed by atoms with van der Waals surface area (Å²) in [4.78, 5) is 9.84. The van der Waals surface area contributed by atoms with Crippen LogP contribution >= 0.6 is 0 Å². The van der Waals surface area contributed by atoms with Crippen LogP contribution in [0, 0.1) is 0 Å². The van der Waals surface area contributed by atoms with Crippen molar-refractivity contribution in [2.24, 2.45) is 5.84 Å². The first kappa shape index (κ1) is 8.22. The highest BCUT2D eigenvalue weighted by Crippen LogP contribution is 2.15. The fourth-order valence-electron chi connectivity index (χ4n) is 0.200. The van der Waals surface area contributed by atoms with Crippen LogP contribution < -0.4 is 5.84 Å². The normalized spacial score (nSPS) is 11.2. The summed E-state index contributed by atoms with van der Waals surface area (Å²) in [5.74, 6) is 2.43. The van der Waals surface area contributed by atoms with E-state index in [0.29, 0.717) is 0 Å². The molecule has 0 spiro atoms. The van der Waals surface area contributed by atoms with E-state index >= 15 is 0 Å². The largest absolute Gasteiger partial charge is 0.472 e. The molecule has 54 valence electrons. The molecule has 6 heteroatoms. The Hall–Kier alpha value is -0.780. The van der Waals surface area contributed by atoms with Crippen molar-refractivity contribution in [2.45, 2.75) is 6.18 Å². The predicted molar refractivity (Wildman–Crippen MR) is 23.0 cm³/mol. The third-order valence-corrected chi connectivity index (χ3v) is 0.563. The Morgan fingerprint density at radius 1 is 1.56 bits per heavy atom. The van der Waals surface area contributed by atoms with Crippen LogP contribution in [0.4, 0.5) is 13.2 Å². The van der Waals surface area contributed by atoms with E-state index in [1.54, 1.807) is 0 Å². The Balaban J connectivity index is 4.06. The van der Waals surface area contributed by atoms with E-state index in [1.165, 1.54) is 0 Å². The van der Waals surface area contributed by atoms with Gasteiger partial charge in [0.25, 0.3) is 0 Å². The second kappa shape index (κ2) is 2.22. The first-order valence-electron chi connectivity index (χ1n) is 1.95. The van der Waals surface area contributed by atoms with E-state index in [1.807, 2.05) is 0 Å². The minimum absolute atomic E-state index is 0.0139. The molecule has 1 amide bonds. The molecule has 9 heavy (non-hydrogen) atoms. The first-order chi connectivity index (χ1) is 3.85. The van der Waals surface area contributed by atoms with Gasteiger partial charge in [-0.05, 0) is 0 Å². The molecule has 0 radical (unpaired) electrons. The van der Waals surface area contributed by atoms with Gasteiger partial charge in [0.2, 0.25) is 0 Å². The second-order valence-corrected chi connectivity index (χ2v) is 1.41. The fourth-order valence-corrected chi connectivity index (χ4v) is 0.200. The van der Waals surface area contributed by atoms with Gasteiger partial charge in [-0.1, -0.05) is 0 Å². The third kappa shape index (κ3) is 2.31. The average Bonchev–Trinajstić information content (AvgIpc) is 1.62. The highest BCUT2D eigenvalue weighted by molar-refractivity contribution is 5.80. The van der Waals surface area contributed by atoms with Crippen LogP contribution in [0.5, 0.6) is 0 Å². The third-order valence-electron chi connectivity index (χ3n) is 0.563. The lowest BCUT2D eigenvalue weighted by Gasteiger charge is -2.11. The van der Waals surface area contributed by atoms with Crippen LogP contribution in [-0.2, 0) is 4.79 Å². The van der Waals surface area contributed by atoms with E-state index in [-0.39, 0.29) is 5.01 Å². The van der Waals surface area contributed by atoms with Crippen molar-refractivity contribution in [1.29, 1.82) is 0 Å². The van der Waals surface area contributed by atoms with Gasteiger partial charge in [-0.2, -0.15) is 13.2 Å². The monoisotopic (exact) mass is 142 g/mol. The summed E-state index contributed by atoms with van der Waals surface area (Å²) in [6.45, 7) is 0. The van der Waals surface area contributed by atoms with Crippen molar-refractivity contribution in [3.63, 3.8) is 0 Å². The van der Waals surface area contributed by atoms with Gasteiger partial charge in [0.1, 0.15) is 0 Å². The molecule has 3 nitrogen and oxygen atoms in total. The highest BCUT2D eigenvalue weighted by Gasteiger charge is 2.40. The molecule has 0 aliphatic heterocycles. The van der Waals surface area contributed by atoms with Crippen molar-refractivity contribution in [2.75, 3.05) is 7.05 Å². The molecule has 0 aromatic rings. The molecule has 0 atom stereocenters. The molecule has 0 aromatic heterocycles. The number of rotatable bonds is 0. The highest BCUT2D eigenvalue weighted by atomic mass is 19.4. The molecule has 0 aliphatic rings. The van der Waals surface area contributed by atoms with Crippen LogP contribution in [0.25, 0.3) is 0 Å². The zero-order chi connectivity index (χ0) is 7.65. The SMILES string of the molecule is CN(N)C(=O)C(F)(F)F. The van der Waals surface area contributed by atoms with E-state index in [4.69, 9.17) is 0 Å². The fraction of sp³-hybridized carbons (Fsp3) is 0.667. The Kier molecular flexibility index (Phi) is 2.03. The van der Waals surface area contributed by atoms with Crippen LogP contribution in [0.1, 0.15) is 0 Å². The van der Waals surface area contributed by atoms with E-state index in [2.05, 4.69) is 5.84 Å². The summed E-state index contributed by atoms with van der Waals surface area (Å²) >= 11 is 0. The van der Waals surface area contributed by atoms with Gasteiger partial charge >= 0.3 is 12.1 Å². The van der Waals surface area contributed by atoms with Gasteiger partial charge < -0.3 is 0 Å². The maximum absolute atomic E-state index is 11.2. The zero-order valence-electron chi connectivity index (χ0n) is 4.57. The summed E-state index contributed by atoms with van der Waals surface area (Å²) in [5, 5.41) is -0.0139. The molecule has 0 saturated heterocycles. The van der Waals surface area contributed by atoms with Gasteiger partial charge in [0.15, 0.2) is 0 Å². The lowest BCUT2D eigenvalue weighted by molar-refractivity contribution is -0.184. The van der Waals surface area contributed by atoms with Crippen LogP contribution in [-0.4, -0.2) is 24.1 Å². The Morgan fingerprint density at radius 3 is 1.89 bits per heavy atom. The number of carbonyl (C=O) groups is 1. The van der Waals surface area contributed by atoms with E-state index in [9.17, 15) is 18.0 Å². The van der Waals surface area contributed by atoms with E-state index in [0.717, 1.165) is 7.05 Å². The van der Waals surface area contributed by atoms with Crippen molar-refractivity contribution >= 4 is 5.91 Å². The molecule has 0 heterocycles. The van der Waals surface area contributed by atoms with Crippen molar-refractivity contribution < 1.29 is 18.0 Å². The Morgan fingerprint density at radius 2 is 1.89 bits per heavy atom. The summed E-state index contributed by atoms with van der Waals surface area (Å²) < 4.78 is 33.7. The zero-order valence-corrected chi connectivity index (χ0v) is 4.57.